The number of rotatable bonds is 5. The van der Waals surface area contributed by atoms with Crippen LogP contribution in [0.3, 0.4) is 0 Å². The molecular formula is C16H19BrN2S. The number of nitrogens with zero attached hydrogens (tertiary/aromatic N) is 1. The van der Waals surface area contributed by atoms with Crippen LogP contribution in [0.4, 0.5) is 5.69 Å². The molecule has 1 aliphatic carbocycles. The zero-order valence-electron chi connectivity index (χ0n) is 11.6. The minimum Gasteiger partial charge on any atom is -0.363 e. The van der Waals surface area contributed by atoms with Gasteiger partial charge < -0.3 is 10.6 Å². The SMILES string of the molecule is C[C@@H](N)c1ccc(N(Cc2ccsc2)C2CC2)c(Br)c1. The topological polar surface area (TPSA) is 29.3 Å². The van der Waals surface area contributed by atoms with Crippen molar-refractivity contribution in [3.05, 3.63) is 50.6 Å². The molecule has 0 amide bonds. The third kappa shape index (κ3) is 3.08. The second kappa shape index (κ2) is 5.88. The number of hydrogen-bond acceptors (Lipinski definition) is 3. The van der Waals surface area contributed by atoms with Gasteiger partial charge in [0.25, 0.3) is 0 Å². The first-order valence-corrected chi connectivity index (χ1v) is 8.71. The lowest BCUT2D eigenvalue weighted by molar-refractivity contribution is 0.788. The quantitative estimate of drug-likeness (QED) is 0.846. The molecule has 0 aliphatic heterocycles. The van der Waals surface area contributed by atoms with E-state index in [1.165, 1.54) is 29.7 Å². The fourth-order valence-electron chi connectivity index (χ4n) is 2.42. The summed E-state index contributed by atoms with van der Waals surface area (Å²) >= 11 is 5.49. The van der Waals surface area contributed by atoms with Crippen LogP contribution in [0.2, 0.25) is 0 Å². The summed E-state index contributed by atoms with van der Waals surface area (Å²) in [7, 11) is 0. The van der Waals surface area contributed by atoms with E-state index in [4.69, 9.17) is 5.73 Å². The fraction of sp³-hybridized carbons (Fsp3) is 0.375. The number of anilines is 1. The van der Waals surface area contributed by atoms with E-state index in [0.29, 0.717) is 6.04 Å². The molecule has 2 nitrogen and oxygen atoms in total. The highest BCUT2D eigenvalue weighted by molar-refractivity contribution is 9.10. The Balaban J connectivity index is 1.87. The van der Waals surface area contributed by atoms with Crippen LogP contribution in [-0.4, -0.2) is 6.04 Å². The molecule has 0 saturated heterocycles. The van der Waals surface area contributed by atoms with Gasteiger partial charge in [0.1, 0.15) is 0 Å². The first kappa shape index (κ1) is 14.1. The summed E-state index contributed by atoms with van der Waals surface area (Å²) in [5.41, 5.74) is 9.80. The van der Waals surface area contributed by atoms with E-state index in [0.717, 1.165) is 11.0 Å². The first-order chi connectivity index (χ1) is 9.65. The second-order valence-electron chi connectivity index (χ2n) is 5.49. The highest BCUT2D eigenvalue weighted by Gasteiger charge is 2.30. The van der Waals surface area contributed by atoms with Gasteiger partial charge in [0, 0.05) is 23.1 Å². The molecule has 4 heteroatoms. The van der Waals surface area contributed by atoms with E-state index in [1.54, 1.807) is 11.3 Å². The van der Waals surface area contributed by atoms with Gasteiger partial charge in [-0.3, -0.25) is 0 Å². The summed E-state index contributed by atoms with van der Waals surface area (Å²) in [5.74, 6) is 0. The van der Waals surface area contributed by atoms with E-state index in [1.807, 2.05) is 6.92 Å². The van der Waals surface area contributed by atoms with Crippen molar-refractivity contribution in [3.63, 3.8) is 0 Å². The first-order valence-electron chi connectivity index (χ1n) is 6.98. The van der Waals surface area contributed by atoms with Gasteiger partial charge in [0.15, 0.2) is 0 Å². The maximum Gasteiger partial charge on any atom is 0.0516 e. The van der Waals surface area contributed by atoms with Gasteiger partial charge in [-0.15, -0.1) is 0 Å². The standard InChI is InChI=1S/C16H19BrN2S/c1-11(18)13-2-5-16(15(17)8-13)19(14-3-4-14)9-12-6-7-20-10-12/h2,5-8,10-11,14H,3-4,9,18H2,1H3/t11-/m1/s1. The van der Waals surface area contributed by atoms with E-state index < -0.39 is 0 Å². The maximum absolute atomic E-state index is 5.96. The Kier molecular flexibility index (Phi) is 4.15. The monoisotopic (exact) mass is 350 g/mol. The van der Waals surface area contributed by atoms with E-state index in [-0.39, 0.29) is 6.04 Å². The van der Waals surface area contributed by atoms with Crippen molar-refractivity contribution in [2.75, 3.05) is 4.90 Å². The Hall–Kier alpha value is -0.840. The molecule has 0 radical (unpaired) electrons. The molecule has 20 heavy (non-hydrogen) atoms. The summed E-state index contributed by atoms with van der Waals surface area (Å²) in [6.45, 7) is 3.01. The molecule has 2 aromatic rings. The maximum atomic E-state index is 5.96. The normalized spacial score (nSPS) is 16.1. The zero-order chi connectivity index (χ0) is 14.1. The van der Waals surface area contributed by atoms with Crippen LogP contribution in [0.25, 0.3) is 0 Å². The van der Waals surface area contributed by atoms with Crippen LogP contribution in [-0.2, 0) is 6.54 Å². The fourth-order valence-corrected chi connectivity index (χ4v) is 3.70. The zero-order valence-corrected chi connectivity index (χ0v) is 14.0. The smallest absolute Gasteiger partial charge is 0.0516 e. The lowest BCUT2D eigenvalue weighted by atomic mass is 10.1. The van der Waals surface area contributed by atoms with Crippen molar-refractivity contribution in [2.24, 2.45) is 5.73 Å². The predicted molar refractivity (Wildman–Crippen MR) is 90.3 cm³/mol. The van der Waals surface area contributed by atoms with Crippen LogP contribution in [0, 0.1) is 0 Å². The summed E-state index contributed by atoms with van der Waals surface area (Å²) in [4.78, 5) is 2.51. The van der Waals surface area contributed by atoms with Gasteiger partial charge in [-0.1, -0.05) is 6.07 Å². The number of thiophene rings is 1. The van der Waals surface area contributed by atoms with Crippen LogP contribution in [0.15, 0.2) is 39.5 Å². The molecule has 0 unspecified atom stereocenters. The lowest BCUT2D eigenvalue weighted by Gasteiger charge is -2.26. The Bertz CT molecular complexity index is 576. The van der Waals surface area contributed by atoms with E-state index in [9.17, 15) is 0 Å². The van der Waals surface area contributed by atoms with Crippen LogP contribution in [0.1, 0.15) is 36.9 Å². The molecule has 1 atom stereocenters. The van der Waals surface area contributed by atoms with Crippen molar-refractivity contribution >= 4 is 33.0 Å². The molecule has 3 rings (SSSR count). The molecule has 1 aromatic heterocycles. The molecule has 1 fully saturated rings. The molecule has 2 N–H and O–H groups in total. The number of benzene rings is 1. The number of hydrogen-bond donors (Lipinski definition) is 1. The predicted octanol–water partition coefficient (Wildman–Crippen LogP) is 4.70. The third-order valence-electron chi connectivity index (χ3n) is 3.73. The van der Waals surface area contributed by atoms with Crippen LogP contribution >= 0.6 is 27.3 Å². The molecule has 1 aromatic carbocycles. The van der Waals surface area contributed by atoms with Crippen molar-refractivity contribution in [2.45, 2.75) is 38.4 Å². The highest BCUT2D eigenvalue weighted by atomic mass is 79.9. The largest absolute Gasteiger partial charge is 0.363 e. The lowest BCUT2D eigenvalue weighted by Crippen LogP contribution is -2.25. The van der Waals surface area contributed by atoms with Gasteiger partial charge in [0.2, 0.25) is 0 Å². The van der Waals surface area contributed by atoms with Gasteiger partial charge in [-0.05, 0) is 75.8 Å². The molecule has 1 saturated carbocycles. The van der Waals surface area contributed by atoms with E-state index >= 15 is 0 Å². The van der Waals surface area contributed by atoms with Gasteiger partial charge in [-0.2, -0.15) is 11.3 Å². The molecule has 0 bridgehead atoms. The number of nitrogens with two attached hydrogens (primary N) is 1. The molecule has 0 spiro atoms. The Labute approximate surface area is 132 Å². The minimum absolute atomic E-state index is 0.0756. The van der Waals surface area contributed by atoms with Crippen molar-refractivity contribution in [3.8, 4) is 0 Å². The summed E-state index contributed by atoms with van der Waals surface area (Å²) in [6, 6.07) is 9.48. The summed E-state index contributed by atoms with van der Waals surface area (Å²) in [6.07, 6.45) is 2.59. The van der Waals surface area contributed by atoms with Crippen LogP contribution < -0.4 is 10.6 Å². The van der Waals surface area contributed by atoms with E-state index in [2.05, 4.69) is 55.9 Å². The Morgan fingerprint density at radius 3 is 2.75 bits per heavy atom. The third-order valence-corrected chi connectivity index (χ3v) is 5.09. The Morgan fingerprint density at radius 2 is 2.20 bits per heavy atom. The van der Waals surface area contributed by atoms with Crippen molar-refractivity contribution < 1.29 is 0 Å². The average molecular weight is 351 g/mol. The molecule has 1 heterocycles. The Morgan fingerprint density at radius 1 is 1.40 bits per heavy atom. The molecule has 106 valence electrons. The number of halogens is 1. The highest BCUT2D eigenvalue weighted by Crippen LogP contribution is 2.38. The van der Waals surface area contributed by atoms with Crippen molar-refractivity contribution in [1.82, 2.24) is 0 Å². The minimum atomic E-state index is 0.0756. The van der Waals surface area contributed by atoms with Gasteiger partial charge >= 0.3 is 0 Å². The van der Waals surface area contributed by atoms with Crippen LogP contribution in [0.5, 0.6) is 0 Å². The van der Waals surface area contributed by atoms with Gasteiger partial charge in [-0.25, -0.2) is 0 Å². The molecular weight excluding hydrogens is 332 g/mol. The second-order valence-corrected chi connectivity index (χ2v) is 7.12. The molecule has 1 aliphatic rings. The summed E-state index contributed by atoms with van der Waals surface area (Å²) in [5, 5.41) is 4.38. The van der Waals surface area contributed by atoms with Gasteiger partial charge in [0.05, 0.1) is 5.69 Å². The van der Waals surface area contributed by atoms with Crippen molar-refractivity contribution in [1.29, 1.82) is 0 Å². The summed E-state index contributed by atoms with van der Waals surface area (Å²) < 4.78 is 1.15. The average Bonchev–Trinajstić information content (AvgIpc) is 3.14.